The molecular formula is C24H23F3N2O4. The van der Waals surface area contributed by atoms with Crippen LogP contribution in [0.1, 0.15) is 40.9 Å². The quantitative estimate of drug-likeness (QED) is 0.533. The highest BCUT2D eigenvalue weighted by Crippen LogP contribution is 2.37. The van der Waals surface area contributed by atoms with Crippen molar-refractivity contribution in [2.75, 3.05) is 23.3 Å². The Labute approximate surface area is 187 Å². The molecule has 3 aromatic rings. The number of hydrogen-bond acceptors (Lipinski definition) is 5. The number of aryl methyl sites for hydroxylation is 1. The Hall–Kier alpha value is -3.49. The zero-order chi connectivity index (χ0) is 23.9. The smallest absolute Gasteiger partial charge is 0.393 e. The molecule has 0 aliphatic carbocycles. The third kappa shape index (κ3) is 4.53. The second kappa shape index (κ2) is 8.46. The van der Waals surface area contributed by atoms with E-state index >= 15 is 0 Å². The number of alkyl halides is 3. The number of anilines is 2. The van der Waals surface area contributed by atoms with Crippen molar-refractivity contribution in [2.24, 2.45) is 5.92 Å². The predicted molar refractivity (Wildman–Crippen MR) is 119 cm³/mol. The Morgan fingerprint density at radius 1 is 1.24 bits per heavy atom. The van der Waals surface area contributed by atoms with Gasteiger partial charge in [0.05, 0.1) is 22.9 Å². The van der Waals surface area contributed by atoms with Crippen molar-refractivity contribution in [1.29, 1.82) is 0 Å². The van der Waals surface area contributed by atoms with Gasteiger partial charge in [-0.3, -0.25) is 4.79 Å². The highest BCUT2D eigenvalue weighted by molar-refractivity contribution is 5.94. The molecule has 4 rings (SSSR count). The molecule has 0 bridgehead atoms. The second-order valence-electron chi connectivity index (χ2n) is 8.37. The highest BCUT2D eigenvalue weighted by Gasteiger charge is 2.44. The number of fused-ring (bicyclic) bond motifs is 1. The molecular weight excluding hydrogens is 437 g/mol. The maximum Gasteiger partial charge on any atom is 0.393 e. The summed E-state index contributed by atoms with van der Waals surface area (Å²) in [6, 6.07) is 10.7. The van der Waals surface area contributed by atoms with Crippen molar-refractivity contribution < 1.29 is 27.5 Å². The van der Waals surface area contributed by atoms with Crippen molar-refractivity contribution >= 4 is 28.5 Å². The maximum absolute atomic E-state index is 13.1. The lowest BCUT2D eigenvalue weighted by molar-refractivity contribution is -0.168. The summed E-state index contributed by atoms with van der Waals surface area (Å²) in [6.45, 7) is 3.50. The monoisotopic (exact) mass is 460 g/mol. The van der Waals surface area contributed by atoms with E-state index in [-0.39, 0.29) is 42.0 Å². The molecule has 6 nitrogen and oxygen atoms in total. The summed E-state index contributed by atoms with van der Waals surface area (Å²) in [5, 5.41) is 12.9. The van der Waals surface area contributed by atoms with Gasteiger partial charge in [0.25, 0.3) is 0 Å². The van der Waals surface area contributed by atoms with Crippen LogP contribution in [0.3, 0.4) is 0 Å². The van der Waals surface area contributed by atoms with Crippen LogP contribution >= 0.6 is 0 Å². The molecule has 0 amide bonds. The zero-order valence-corrected chi connectivity index (χ0v) is 18.1. The van der Waals surface area contributed by atoms with E-state index in [2.05, 4.69) is 5.32 Å². The zero-order valence-electron chi connectivity index (χ0n) is 18.1. The normalized spacial score (nSPS) is 17.4. The van der Waals surface area contributed by atoms with E-state index in [0.29, 0.717) is 16.6 Å². The van der Waals surface area contributed by atoms with Gasteiger partial charge < -0.3 is 19.7 Å². The Morgan fingerprint density at radius 3 is 2.64 bits per heavy atom. The number of aromatic carboxylic acids is 1. The largest absolute Gasteiger partial charge is 0.478 e. The molecule has 33 heavy (non-hydrogen) atoms. The van der Waals surface area contributed by atoms with Gasteiger partial charge in [-0.1, -0.05) is 18.2 Å². The van der Waals surface area contributed by atoms with Gasteiger partial charge >= 0.3 is 12.1 Å². The van der Waals surface area contributed by atoms with Gasteiger partial charge in [0.1, 0.15) is 5.58 Å². The van der Waals surface area contributed by atoms with Crippen molar-refractivity contribution in [1.82, 2.24) is 0 Å². The standard InChI is InChI=1S/C24H23F3N2O4/c1-13-9-17(14(2)28-19-6-4-3-5-16(19)23(31)32)22-18(10-13)20(30)11-21(33-22)29-8-7-15(12-29)24(25,26)27/h3-6,9-11,14-15,28H,7-8,12H2,1-2H3,(H,31,32)/t14?,15-/m1/s1. The molecule has 1 unspecified atom stereocenters. The van der Waals surface area contributed by atoms with Gasteiger partial charge in [-0.15, -0.1) is 0 Å². The minimum absolute atomic E-state index is 0.0596. The van der Waals surface area contributed by atoms with Crippen LogP contribution < -0.4 is 15.6 Å². The van der Waals surface area contributed by atoms with Crippen LogP contribution in [0, 0.1) is 12.8 Å². The average Bonchev–Trinajstić information content (AvgIpc) is 3.25. The molecule has 2 heterocycles. The molecule has 0 spiro atoms. The Bertz CT molecular complexity index is 1270. The van der Waals surface area contributed by atoms with Crippen LogP contribution in [-0.4, -0.2) is 30.3 Å². The van der Waals surface area contributed by atoms with E-state index in [1.807, 2.05) is 13.0 Å². The molecule has 2 atom stereocenters. The SMILES string of the molecule is Cc1cc(C(C)Nc2ccccc2C(=O)O)c2oc(N3CC[C@@H](C(F)(F)F)C3)cc(=O)c2c1. The fourth-order valence-electron chi connectivity index (χ4n) is 4.23. The van der Waals surface area contributed by atoms with E-state index in [1.165, 1.54) is 17.0 Å². The summed E-state index contributed by atoms with van der Waals surface area (Å²) in [7, 11) is 0. The Kier molecular flexibility index (Phi) is 5.82. The molecule has 1 aliphatic rings. The number of hydrogen-bond donors (Lipinski definition) is 2. The number of halogens is 3. The third-order valence-corrected chi connectivity index (χ3v) is 5.95. The number of nitrogens with one attached hydrogen (secondary N) is 1. The lowest BCUT2D eigenvalue weighted by Gasteiger charge is -2.21. The van der Waals surface area contributed by atoms with Crippen LogP contribution in [0.4, 0.5) is 24.7 Å². The van der Waals surface area contributed by atoms with Gasteiger partial charge in [-0.25, -0.2) is 4.79 Å². The predicted octanol–water partition coefficient (Wildman–Crippen LogP) is 5.36. The molecule has 2 aromatic carbocycles. The summed E-state index contributed by atoms with van der Waals surface area (Å²) in [5.41, 5.74) is 1.83. The molecule has 1 aliphatic heterocycles. The summed E-state index contributed by atoms with van der Waals surface area (Å²) >= 11 is 0. The molecule has 2 N–H and O–H groups in total. The Morgan fingerprint density at radius 2 is 1.97 bits per heavy atom. The summed E-state index contributed by atoms with van der Waals surface area (Å²) in [5.74, 6) is -2.45. The van der Waals surface area contributed by atoms with Gasteiger partial charge in [0.2, 0.25) is 0 Å². The molecule has 0 radical (unpaired) electrons. The van der Waals surface area contributed by atoms with E-state index in [0.717, 1.165) is 5.56 Å². The lowest BCUT2D eigenvalue weighted by Crippen LogP contribution is -2.27. The maximum atomic E-state index is 13.1. The van der Waals surface area contributed by atoms with E-state index in [1.54, 1.807) is 31.2 Å². The first-order chi connectivity index (χ1) is 15.5. The fourth-order valence-corrected chi connectivity index (χ4v) is 4.23. The summed E-state index contributed by atoms with van der Waals surface area (Å²) in [4.78, 5) is 25.9. The van der Waals surface area contributed by atoms with Crippen molar-refractivity contribution in [3.05, 3.63) is 69.4 Å². The molecule has 9 heteroatoms. The van der Waals surface area contributed by atoms with E-state index in [4.69, 9.17) is 4.42 Å². The third-order valence-electron chi connectivity index (χ3n) is 5.95. The molecule has 1 aromatic heterocycles. The minimum Gasteiger partial charge on any atom is -0.478 e. The second-order valence-corrected chi connectivity index (χ2v) is 8.37. The minimum atomic E-state index is -4.30. The molecule has 0 saturated carbocycles. The van der Waals surface area contributed by atoms with Crippen LogP contribution in [0.15, 0.2) is 51.7 Å². The number of para-hydroxylation sites is 1. The van der Waals surface area contributed by atoms with E-state index in [9.17, 15) is 27.9 Å². The number of carbonyl (C=O) groups is 1. The molecule has 174 valence electrons. The first-order valence-electron chi connectivity index (χ1n) is 10.5. The lowest BCUT2D eigenvalue weighted by atomic mass is 10.0. The number of benzene rings is 2. The van der Waals surface area contributed by atoms with Gasteiger partial charge in [0.15, 0.2) is 11.3 Å². The van der Waals surface area contributed by atoms with Gasteiger partial charge in [0, 0.05) is 30.4 Å². The van der Waals surface area contributed by atoms with Gasteiger partial charge in [-0.2, -0.15) is 13.2 Å². The Balaban J connectivity index is 1.74. The molecule has 1 saturated heterocycles. The molecule has 1 fully saturated rings. The number of carboxylic acid groups (broad SMARTS) is 1. The van der Waals surface area contributed by atoms with Crippen molar-refractivity contribution in [3.63, 3.8) is 0 Å². The van der Waals surface area contributed by atoms with Gasteiger partial charge in [-0.05, 0) is 44.0 Å². The van der Waals surface area contributed by atoms with Crippen LogP contribution in [-0.2, 0) is 0 Å². The van der Waals surface area contributed by atoms with Crippen LogP contribution in [0.2, 0.25) is 0 Å². The number of carboxylic acids is 1. The van der Waals surface area contributed by atoms with Crippen molar-refractivity contribution in [2.45, 2.75) is 32.5 Å². The average molecular weight is 460 g/mol. The first kappa shape index (κ1) is 22.7. The number of nitrogens with zero attached hydrogens (tertiary/aromatic N) is 1. The van der Waals surface area contributed by atoms with Crippen molar-refractivity contribution in [3.8, 4) is 0 Å². The first-order valence-corrected chi connectivity index (χ1v) is 10.5. The summed E-state index contributed by atoms with van der Waals surface area (Å²) in [6.07, 6.45) is -4.36. The highest BCUT2D eigenvalue weighted by atomic mass is 19.4. The van der Waals surface area contributed by atoms with Crippen LogP contribution in [0.25, 0.3) is 11.0 Å². The van der Waals surface area contributed by atoms with E-state index < -0.39 is 24.1 Å². The number of rotatable bonds is 5. The summed E-state index contributed by atoms with van der Waals surface area (Å²) < 4.78 is 45.4. The fraction of sp³-hybridized carbons (Fsp3) is 0.333. The van der Waals surface area contributed by atoms with Crippen LogP contribution in [0.5, 0.6) is 0 Å². The topological polar surface area (TPSA) is 82.8 Å².